The molecule has 3 heteroatoms. The molecule has 2 rings (SSSR count). The fraction of sp³-hybridized carbons (Fsp3) is 0.773. The fourth-order valence-corrected chi connectivity index (χ4v) is 4.40. The van der Waals surface area contributed by atoms with Gasteiger partial charge in [-0.3, -0.25) is 4.79 Å². The van der Waals surface area contributed by atoms with Crippen LogP contribution in [0.3, 0.4) is 0 Å². The van der Waals surface area contributed by atoms with Gasteiger partial charge in [0.25, 0.3) is 0 Å². The number of fused-ring (bicyclic) bond motifs is 1. The average molecular weight is 348 g/mol. The number of ketones is 1. The highest BCUT2D eigenvalue weighted by molar-refractivity contribution is 5.89. The molecule has 142 valence electrons. The minimum absolute atomic E-state index is 0.165. The molecule has 0 aliphatic heterocycles. The van der Waals surface area contributed by atoms with Crippen LogP contribution in [0.15, 0.2) is 23.8 Å². The van der Waals surface area contributed by atoms with Crippen LogP contribution in [0.2, 0.25) is 0 Å². The lowest BCUT2D eigenvalue weighted by Gasteiger charge is -2.18. The minimum atomic E-state index is -0.275. The van der Waals surface area contributed by atoms with Gasteiger partial charge < -0.3 is 10.0 Å². The van der Waals surface area contributed by atoms with E-state index in [1.54, 1.807) is 11.6 Å². The lowest BCUT2D eigenvalue weighted by molar-refractivity contribution is -0.114. The maximum absolute atomic E-state index is 11.9. The molecule has 0 saturated heterocycles. The zero-order chi connectivity index (χ0) is 18.2. The standard InChI is InChI=1S/C22H37NO2/c1-4-5-10-19(24)11-12-20-21-15-17(14-18(21)16-22(20)25)9-7-6-8-13-23(2)3/h11-12,14,18,20-22,25H,4-10,13,15-16H2,1-3H3/b12-11+/t18-,20+,21-,22+/m0/s1. The number of unbranched alkanes of at least 4 members (excludes halogenated alkanes) is 3. The lowest BCUT2D eigenvalue weighted by atomic mass is 9.88. The van der Waals surface area contributed by atoms with Crippen molar-refractivity contribution in [3.63, 3.8) is 0 Å². The van der Waals surface area contributed by atoms with Crippen molar-refractivity contribution in [2.75, 3.05) is 20.6 Å². The van der Waals surface area contributed by atoms with E-state index < -0.39 is 0 Å². The normalized spacial score (nSPS) is 28.8. The summed E-state index contributed by atoms with van der Waals surface area (Å²) in [6.07, 6.45) is 15.6. The van der Waals surface area contributed by atoms with Gasteiger partial charge >= 0.3 is 0 Å². The van der Waals surface area contributed by atoms with Gasteiger partial charge in [0, 0.05) is 12.3 Å². The Morgan fingerprint density at radius 2 is 2.08 bits per heavy atom. The van der Waals surface area contributed by atoms with Gasteiger partial charge in [0.2, 0.25) is 0 Å². The average Bonchev–Trinajstić information content (AvgIpc) is 3.07. The number of rotatable bonds is 11. The summed E-state index contributed by atoms with van der Waals surface area (Å²) in [6, 6.07) is 0. The number of allylic oxidation sites excluding steroid dienone is 3. The molecule has 0 heterocycles. The molecule has 0 radical (unpaired) electrons. The van der Waals surface area contributed by atoms with Gasteiger partial charge in [-0.15, -0.1) is 0 Å². The molecule has 0 spiro atoms. The van der Waals surface area contributed by atoms with Crippen LogP contribution < -0.4 is 0 Å². The molecular weight excluding hydrogens is 310 g/mol. The van der Waals surface area contributed by atoms with Crippen molar-refractivity contribution in [2.45, 2.75) is 70.8 Å². The van der Waals surface area contributed by atoms with Gasteiger partial charge in [0.1, 0.15) is 0 Å². The Balaban J connectivity index is 1.77. The first kappa shape index (κ1) is 20.4. The third kappa shape index (κ3) is 6.38. The smallest absolute Gasteiger partial charge is 0.155 e. The number of hydrogen-bond acceptors (Lipinski definition) is 3. The molecule has 0 aromatic carbocycles. The molecule has 0 aromatic heterocycles. The van der Waals surface area contributed by atoms with Gasteiger partial charge in [0.15, 0.2) is 5.78 Å². The summed E-state index contributed by atoms with van der Waals surface area (Å²) < 4.78 is 0. The molecule has 0 amide bonds. The highest BCUT2D eigenvalue weighted by atomic mass is 16.3. The van der Waals surface area contributed by atoms with Crippen LogP contribution in [0.1, 0.15) is 64.7 Å². The largest absolute Gasteiger partial charge is 0.392 e. The summed E-state index contributed by atoms with van der Waals surface area (Å²) in [5.41, 5.74) is 1.59. The predicted octanol–water partition coefficient (Wildman–Crippen LogP) is 4.37. The molecule has 2 aliphatic rings. The number of aliphatic hydroxyl groups excluding tert-OH is 1. The Hall–Kier alpha value is -0.930. The number of carbonyl (C=O) groups excluding carboxylic acids is 1. The summed E-state index contributed by atoms with van der Waals surface area (Å²) in [6.45, 7) is 3.28. The number of hydrogen-bond donors (Lipinski definition) is 1. The second-order valence-electron chi connectivity index (χ2n) is 8.28. The van der Waals surface area contributed by atoms with Gasteiger partial charge in [-0.25, -0.2) is 0 Å². The molecule has 4 atom stereocenters. The number of carbonyl (C=O) groups is 1. The van der Waals surface area contributed by atoms with Crippen molar-refractivity contribution in [1.29, 1.82) is 0 Å². The van der Waals surface area contributed by atoms with Gasteiger partial charge in [-0.05, 0) is 77.1 Å². The first-order valence-electron chi connectivity index (χ1n) is 10.2. The Bertz CT molecular complexity index is 480. The second kappa shape index (κ2) is 10.3. The van der Waals surface area contributed by atoms with Crippen LogP contribution in [0.5, 0.6) is 0 Å². The molecule has 2 aliphatic carbocycles. The van der Waals surface area contributed by atoms with E-state index in [1.807, 2.05) is 6.08 Å². The van der Waals surface area contributed by atoms with Crippen molar-refractivity contribution >= 4 is 5.78 Å². The topological polar surface area (TPSA) is 40.5 Å². The van der Waals surface area contributed by atoms with E-state index in [-0.39, 0.29) is 17.8 Å². The monoisotopic (exact) mass is 347 g/mol. The van der Waals surface area contributed by atoms with Crippen molar-refractivity contribution < 1.29 is 9.90 Å². The van der Waals surface area contributed by atoms with E-state index in [2.05, 4.69) is 32.0 Å². The van der Waals surface area contributed by atoms with Crippen LogP contribution in [0, 0.1) is 17.8 Å². The van der Waals surface area contributed by atoms with Crippen LogP contribution in [-0.4, -0.2) is 42.5 Å². The molecule has 25 heavy (non-hydrogen) atoms. The Kier molecular flexibility index (Phi) is 8.38. The van der Waals surface area contributed by atoms with Crippen molar-refractivity contribution in [3.05, 3.63) is 23.8 Å². The molecule has 1 fully saturated rings. The summed E-state index contributed by atoms with van der Waals surface area (Å²) in [5, 5.41) is 10.4. The Labute approximate surface area is 154 Å². The van der Waals surface area contributed by atoms with Crippen molar-refractivity contribution in [2.24, 2.45) is 17.8 Å². The molecular formula is C22H37NO2. The summed E-state index contributed by atoms with van der Waals surface area (Å²) in [7, 11) is 4.26. The first-order valence-corrected chi connectivity index (χ1v) is 10.2. The van der Waals surface area contributed by atoms with Gasteiger partial charge in [0.05, 0.1) is 6.10 Å². The molecule has 1 N–H and O–H groups in total. The molecule has 0 aromatic rings. The van der Waals surface area contributed by atoms with Crippen LogP contribution in [-0.2, 0) is 4.79 Å². The highest BCUT2D eigenvalue weighted by Crippen LogP contribution is 2.48. The van der Waals surface area contributed by atoms with E-state index in [0.29, 0.717) is 18.3 Å². The van der Waals surface area contributed by atoms with Crippen molar-refractivity contribution in [3.8, 4) is 0 Å². The molecule has 0 unspecified atom stereocenters. The Morgan fingerprint density at radius 1 is 1.28 bits per heavy atom. The van der Waals surface area contributed by atoms with E-state index in [1.165, 1.54) is 32.2 Å². The van der Waals surface area contributed by atoms with Crippen molar-refractivity contribution in [1.82, 2.24) is 4.90 Å². The van der Waals surface area contributed by atoms with Crippen LogP contribution in [0.4, 0.5) is 0 Å². The molecule has 3 nitrogen and oxygen atoms in total. The minimum Gasteiger partial charge on any atom is -0.392 e. The highest BCUT2D eigenvalue weighted by Gasteiger charge is 2.43. The van der Waals surface area contributed by atoms with E-state index in [4.69, 9.17) is 0 Å². The number of nitrogens with zero attached hydrogens (tertiary/aromatic N) is 1. The maximum Gasteiger partial charge on any atom is 0.155 e. The maximum atomic E-state index is 11.9. The zero-order valence-electron chi connectivity index (χ0n) is 16.4. The van der Waals surface area contributed by atoms with Crippen LogP contribution in [0.25, 0.3) is 0 Å². The zero-order valence-corrected chi connectivity index (χ0v) is 16.4. The van der Waals surface area contributed by atoms with E-state index >= 15 is 0 Å². The lowest BCUT2D eigenvalue weighted by Crippen LogP contribution is -2.17. The van der Waals surface area contributed by atoms with E-state index in [0.717, 1.165) is 25.7 Å². The summed E-state index contributed by atoms with van der Waals surface area (Å²) in [4.78, 5) is 14.1. The summed E-state index contributed by atoms with van der Waals surface area (Å²) in [5.74, 6) is 1.41. The fourth-order valence-electron chi connectivity index (χ4n) is 4.40. The third-order valence-corrected chi connectivity index (χ3v) is 5.83. The van der Waals surface area contributed by atoms with Gasteiger partial charge in [-0.1, -0.05) is 37.5 Å². The van der Waals surface area contributed by atoms with Crippen LogP contribution >= 0.6 is 0 Å². The second-order valence-corrected chi connectivity index (χ2v) is 8.28. The molecule has 0 bridgehead atoms. The number of aliphatic hydroxyl groups is 1. The molecule has 1 saturated carbocycles. The Morgan fingerprint density at radius 3 is 2.80 bits per heavy atom. The van der Waals surface area contributed by atoms with Gasteiger partial charge in [-0.2, -0.15) is 0 Å². The first-order chi connectivity index (χ1) is 12.0. The summed E-state index contributed by atoms with van der Waals surface area (Å²) >= 11 is 0. The SMILES string of the molecule is CCCCC(=O)/C=C/[C@@H]1[C@H]2CC(CCCCCN(C)C)=C[C@H]2C[C@H]1O. The third-order valence-electron chi connectivity index (χ3n) is 5.83. The predicted molar refractivity (Wildman–Crippen MR) is 104 cm³/mol. The quantitative estimate of drug-likeness (QED) is 0.343. The van der Waals surface area contributed by atoms with E-state index in [9.17, 15) is 9.90 Å².